The number of amides is 1. The normalized spacial score (nSPS) is 11.2. The first-order valence-electron chi connectivity index (χ1n) is 4.59. The van der Waals surface area contributed by atoms with E-state index in [2.05, 4.69) is 21.2 Å². The van der Waals surface area contributed by atoms with Crippen molar-refractivity contribution in [3.63, 3.8) is 0 Å². The molecule has 0 aliphatic rings. The predicted molar refractivity (Wildman–Crippen MR) is 67.3 cm³/mol. The Morgan fingerprint density at radius 2 is 1.93 bits per heavy atom. The molecule has 15 heavy (non-hydrogen) atoms. The third-order valence-corrected chi connectivity index (χ3v) is 3.25. The van der Waals surface area contributed by atoms with Crippen LogP contribution in [0, 0.1) is 5.41 Å². The Hall–Kier alpha value is -0.540. The summed E-state index contributed by atoms with van der Waals surface area (Å²) in [6, 6.07) is 7.44. The van der Waals surface area contributed by atoms with Gasteiger partial charge in [-0.1, -0.05) is 15.9 Å². The lowest BCUT2D eigenvalue weighted by Crippen LogP contribution is -2.32. The fraction of sp³-hybridized carbons (Fsp3) is 0.364. The second-order valence-corrected chi connectivity index (χ2v) is 5.16. The molecule has 0 saturated carbocycles. The third kappa shape index (κ3) is 3.50. The molecule has 1 aromatic rings. The maximum atomic E-state index is 11.7. The Kier molecular flexibility index (Phi) is 4.17. The quantitative estimate of drug-likeness (QED) is 0.846. The van der Waals surface area contributed by atoms with Crippen LogP contribution in [0.3, 0.4) is 0 Å². The molecule has 0 unspecified atom stereocenters. The van der Waals surface area contributed by atoms with Crippen LogP contribution in [0.1, 0.15) is 13.8 Å². The molecule has 0 aliphatic heterocycles. The van der Waals surface area contributed by atoms with Crippen LogP contribution in [0.5, 0.6) is 0 Å². The van der Waals surface area contributed by atoms with Gasteiger partial charge in [0.1, 0.15) is 0 Å². The summed E-state index contributed by atoms with van der Waals surface area (Å²) < 4.78 is 0.983. The van der Waals surface area contributed by atoms with Gasteiger partial charge in [-0.2, -0.15) is 0 Å². The highest BCUT2D eigenvalue weighted by Crippen LogP contribution is 2.21. The van der Waals surface area contributed by atoms with E-state index < -0.39 is 5.41 Å². The molecule has 1 amide bonds. The van der Waals surface area contributed by atoms with Gasteiger partial charge < -0.3 is 5.32 Å². The van der Waals surface area contributed by atoms with Crippen molar-refractivity contribution in [2.24, 2.45) is 5.41 Å². The molecule has 1 rings (SSSR count). The minimum Gasteiger partial charge on any atom is -0.326 e. The maximum absolute atomic E-state index is 11.7. The topological polar surface area (TPSA) is 29.1 Å². The van der Waals surface area contributed by atoms with Crippen molar-refractivity contribution in [1.29, 1.82) is 0 Å². The second-order valence-electron chi connectivity index (χ2n) is 3.98. The number of hydrogen-bond donors (Lipinski definition) is 1. The van der Waals surface area contributed by atoms with Crippen molar-refractivity contribution >= 4 is 39.1 Å². The van der Waals surface area contributed by atoms with E-state index in [9.17, 15) is 4.79 Å². The monoisotopic (exact) mass is 289 g/mol. The molecule has 1 aromatic carbocycles. The van der Waals surface area contributed by atoms with E-state index in [0.717, 1.165) is 10.2 Å². The second kappa shape index (κ2) is 4.99. The summed E-state index contributed by atoms with van der Waals surface area (Å²) in [6.45, 7) is 3.63. The van der Waals surface area contributed by atoms with Gasteiger partial charge in [-0.15, -0.1) is 11.6 Å². The van der Waals surface area contributed by atoms with Crippen molar-refractivity contribution in [1.82, 2.24) is 0 Å². The molecular weight excluding hydrogens is 277 g/mol. The molecule has 0 saturated heterocycles. The zero-order valence-corrected chi connectivity index (χ0v) is 11.0. The number of alkyl halides is 1. The highest BCUT2D eigenvalue weighted by atomic mass is 79.9. The van der Waals surface area contributed by atoms with Crippen molar-refractivity contribution in [2.45, 2.75) is 13.8 Å². The van der Waals surface area contributed by atoms with Crippen LogP contribution in [-0.2, 0) is 4.79 Å². The van der Waals surface area contributed by atoms with Gasteiger partial charge in [0.05, 0.1) is 5.41 Å². The molecular formula is C11H13BrClNO. The number of halogens is 2. The molecule has 82 valence electrons. The lowest BCUT2D eigenvalue weighted by Gasteiger charge is -2.20. The average molecular weight is 291 g/mol. The lowest BCUT2D eigenvalue weighted by atomic mass is 9.95. The fourth-order valence-electron chi connectivity index (χ4n) is 0.894. The smallest absolute Gasteiger partial charge is 0.231 e. The van der Waals surface area contributed by atoms with E-state index in [1.807, 2.05) is 38.1 Å². The number of anilines is 1. The number of rotatable bonds is 3. The average Bonchev–Trinajstić information content (AvgIpc) is 2.21. The first-order chi connectivity index (χ1) is 6.95. The molecule has 1 N–H and O–H groups in total. The van der Waals surface area contributed by atoms with Gasteiger partial charge in [-0.3, -0.25) is 4.79 Å². The van der Waals surface area contributed by atoms with Gasteiger partial charge in [0.2, 0.25) is 5.91 Å². The Labute approximate surface area is 103 Å². The van der Waals surface area contributed by atoms with Gasteiger partial charge in [0.25, 0.3) is 0 Å². The summed E-state index contributed by atoms with van der Waals surface area (Å²) in [7, 11) is 0. The van der Waals surface area contributed by atoms with E-state index in [4.69, 9.17) is 11.6 Å². The minimum atomic E-state index is -0.547. The largest absolute Gasteiger partial charge is 0.326 e. The molecule has 0 heterocycles. The molecule has 4 heteroatoms. The molecule has 0 bridgehead atoms. The predicted octanol–water partition coefficient (Wildman–Crippen LogP) is 3.65. The van der Waals surface area contributed by atoms with E-state index in [0.29, 0.717) is 5.88 Å². The van der Waals surface area contributed by atoms with Crippen LogP contribution in [0.25, 0.3) is 0 Å². The van der Waals surface area contributed by atoms with E-state index >= 15 is 0 Å². The first kappa shape index (κ1) is 12.5. The lowest BCUT2D eigenvalue weighted by molar-refractivity contribution is -0.122. The van der Waals surface area contributed by atoms with Crippen LogP contribution < -0.4 is 5.32 Å². The minimum absolute atomic E-state index is 0.0696. The molecule has 0 radical (unpaired) electrons. The Morgan fingerprint density at radius 3 is 2.40 bits per heavy atom. The number of carbonyl (C=O) groups is 1. The summed E-state index contributed by atoms with van der Waals surface area (Å²) in [4.78, 5) is 11.7. The van der Waals surface area contributed by atoms with Crippen molar-refractivity contribution in [3.8, 4) is 0 Å². The third-order valence-electron chi connectivity index (χ3n) is 2.05. The number of hydrogen-bond acceptors (Lipinski definition) is 1. The SMILES string of the molecule is CC(C)(CCl)C(=O)Nc1ccc(Br)cc1. The molecule has 0 spiro atoms. The number of benzene rings is 1. The summed E-state index contributed by atoms with van der Waals surface area (Å²) in [5.41, 5.74) is 0.232. The van der Waals surface area contributed by atoms with Crippen molar-refractivity contribution < 1.29 is 4.79 Å². The van der Waals surface area contributed by atoms with Gasteiger partial charge in [0.15, 0.2) is 0 Å². The Morgan fingerprint density at radius 1 is 1.40 bits per heavy atom. The number of carbonyl (C=O) groups excluding carboxylic acids is 1. The standard InChI is InChI=1S/C11H13BrClNO/c1-11(2,7-13)10(15)14-9-5-3-8(12)4-6-9/h3-6H,7H2,1-2H3,(H,14,15). The first-order valence-corrected chi connectivity index (χ1v) is 5.91. The van der Waals surface area contributed by atoms with Gasteiger partial charge >= 0.3 is 0 Å². The zero-order valence-electron chi connectivity index (χ0n) is 8.68. The summed E-state index contributed by atoms with van der Waals surface area (Å²) in [6.07, 6.45) is 0. The molecule has 2 nitrogen and oxygen atoms in total. The van der Waals surface area contributed by atoms with Crippen LogP contribution >= 0.6 is 27.5 Å². The van der Waals surface area contributed by atoms with Crippen molar-refractivity contribution in [3.05, 3.63) is 28.7 Å². The summed E-state index contributed by atoms with van der Waals surface area (Å²) in [5.74, 6) is 0.231. The van der Waals surface area contributed by atoms with E-state index in [1.54, 1.807) is 0 Å². The molecule has 0 fully saturated rings. The van der Waals surface area contributed by atoms with E-state index in [1.165, 1.54) is 0 Å². The van der Waals surface area contributed by atoms with Crippen LogP contribution in [0.2, 0.25) is 0 Å². The van der Waals surface area contributed by atoms with Crippen LogP contribution in [0.4, 0.5) is 5.69 Å². The molecule has 0 atom stereocenters. The van der Waals surface area contributed by atoms with Crippen molar-refractivity contribution in [2.75, 3.05) is 11.2 Å². The zero-order chi connectivity index (χ0) is 11.5. The Balaban J connectivity index is 2.71. The van der Waals surface area contributed by atoms with Crippen LogP contribution in [0.15, 0.2) is 28.7 Å². The van der Waals surface area contributed by atoms with E-state index in [-0.39, 0.29) is 5.91 Å². The van der Waals surface area contributed by atoms with Crippen LogP contribution in [-0.4, -0.2) is 11.8 Å². The number of nitrogens with one attached hydrogen (secondary N) is 1. The van der Waals surface area contributed by atoms with Gasteiger partial charge in [0, 0.05) is 16.0 Å². The summed E-state index contributed by atoms with van der Waals surface area (Å²) in [5, 5.41) is 2.82. The highest BCUT2D eigenvalue weighted by Gasteiger charge is 2.26. The highest BCUT2D eigenvalue weighted by molar-refractivity contribution is 9.10. The van der Waals surface area contributed by atoms with Gasteiger partial charge in [-0.05, 0) is 38.1 Å². The van der Waals surface area contributed by atoms with Gasteiger partial charge in [-0.25, -0.2) is 0 Å². The molecule has 0 aliphatic carbocycles. The fourth-order valence-corrected chi connectivity index (χ4v) is 1.28. The Bertz CT molecular complexity index is 348. The summed E-state index contributed by atoms with van der Waals surface area (Å²) >= 11 is 9.04. The molecule has 0 aromatic heterocycles. The maximum Gasteiger partial charge on any atom is 0.231 e.